The maximum Gasteiger partial charge on any atom is 0.259 e. The predicted molar refractivity (Wildman–Crippen MR) is 77.0 cm³/mol. The van der Waals surface area contributed by atoms with Gasteiger partial charge < -0.3 is 15.2 Å². The van der Waals surface area contributed by atoms with Gasteiger partial charge in [-0.3, -0.25) is 0 Å². The fourth-order valence-electron chi connectivity index (χ4n) is 1.79. The third-order valence-electron chi connectivity index (χ3n) is 2.67. The van der Waals surface area contributed by atoms with Crippen LogP contribution in [0.2, 0.25) is 0 Å². The van der Waals surface area contributed by atoms with Crippen molar-refractivity contribution >= 4 is 11.8 Å². The van der Waals surface area contributed by atoms with E-state index in [1.807, 2.05) is 49.5 Å². The Labute approximate surface area is 117 Å². The average molecular weight is 278 g/mol. The highest BCUT2D eigenvalue weighted by molar-refractivity contribution is 7.98. The standard InChI is InChI=1S/C13H18N4OS/c1-17(2)8-10(14)12-15-13(18-16-12)9-6-4-5-7-11(9)19-3/h4-7,10H,8,14H2,1-3H3. The number of aromatic nitrogens is 2. The number of thioether (sulfide) groups is 1. The summed E-state index contributed by atoms with van der Waals surface area (Å²) in [7, 11) is 3.92. The molecule has 0 bridgehead atoms. The second-order valence-corrected chi connectivity index (χ2v) is 5.37. The fraction of sp³-hybridized carbons (Fsp3) is 0.385. The van der Waals surface area contributed by atoms with E-state index >= 15 is 0 Å². The SMILES string of the molecule is CSc1ccccc1-c1nc(C(N)CN(C)C)no1. The van der Waals surface area contributed by atoms with Crippen LogP contribution >= 0.6 is 11.8 Å². The number of likely N-dealkylation sites (N-methyl/N-ethyl adjacent to an activating group) is 1. The topological polar surface area (TPSA) is 68.2 Å². The Morgan fingerprint density at radius 2 is 2.11 bits per heavy atom. The van der Waals surface area contributed by atoms with Crippen LogP contribution in [-0.2, 0) is 0 Å². The van der Waals surface area contributed by atoms with Crippen LogP contribution in [0.25, 0.3) is 11.5 Å². The molecule has 0 radical (unpaired) electrons. The van der Waals surface area contributed by atoms with Crippen molar-refractivity contribution in [2.75, 3.05) is 26.9 Å². The van der Waals surface area contributed by atoms with Gasteiger partial charge in [0.15, 0.2) is 5.82 Å². The maximum atomic E-state index is 6.03. The molecule has 0 saturated heterocycles. The van der Waals surface area contributed by atoms with Gasteiger partial charge in [0.05, 0.1) is 11.6 Å². The second-order valence-electron chi connectivity index (χ2n) is 4.53. The fourth-order valence-corrected chi connectivity index (χ4v) is 2.38. The first kappa shape index (κ1) is 14.0. The lowest BCUT2D eigenvalue weighted by Gasteiger charge is -2.12. The summed E-state index contributed by atoms with van der Waals surface area (Å²) in [6, 6.07) is 7.71. The van der Waals surface area contributed by atoms with E-state index in [1.165, 1.54) is 0 Å². The highest BCUT2D eigenvalue weighted by atomic mass is 32.2. The maximum absolute atomic E-state index is 6.03. The normalized spacial score (nSPS) is 12.9. The molecule has 0 aliphatic carbocycles. The molecule has 0 amide bonds. The van der Waals surface area contributed by atoms with Crippen LogP contribution in [0.5, 0.6) is 0 Å². The van der Waals surface area contributed by atoms with E-state index in [2.05, 4.69) is 10.1 Å². The van der Waals surface area contributed by atoms with Crippen LogP contribution in [0, 0.1) is 0 Å². The first-order valence-corrected chi connectivity index (χ1v) is 7.21. The second kappa shape index (κ2) is 6.18. The third kappa shape index (κ3) is 3.34. The molecule has 0 saturated carbocycles. The summed E-state index contributed by atoms with van der Waals surface area (Å²) >= 11 is 1.65. The molecule has 19 heavy (non-hydrogen) atoms. The van der Waals surface area contributed by atoms with E-state index in [-0.39, 0.29) is 6.04 Å². The van der Waals surface area contributed by atoms with E-state index < -0.39 is 0 Å². The minimum Gasteiger partial charge on any atom is -0.334 e. The van der Waals surface area contributed by atoms with Crippen LogP contribution in [0.3, 0.4) is 0 Å². The zero-order valence-electron chi connectivity index (χ0n) is 11.3. The van der Waals surface area contributed by atoms with Crippen molar-refractivity contribution in [3.8, 4) is 11.5 Å². The number of benzene rings is 1. The first-order valence-electron chi connectivity index (χ1n) is 5.99. The van der Waals surface area contributed by atoms with E-state index in [1.54, 1.807) is 11.8 Å². The summed E-state index contributed by atoms with van der Waals surface area (Å²) in [6.07, 6.45) is 2.02. The summed E-state index contributed by atoms with van der Waals surface area (Å²) in [5.74, 6) is 1.06. The highest BCUT2D eigenvalue weighted by Crippen LogP contribution is 2.29. The molecule has 1 heterocycles. The Morgan fingerprint density at radius 1 is 1.37 bits per heavy atom. The van der Waals surface area contributed by atoms with Crippen LogP contribution in [0.4, 0.5) is 0 Å². The summed E-state index contributed by atoms with van der Waals surface area (Å²) < 4.78 is 5.32. The molecular weight excluding hydrogens is 260 g/mol. The van der Waals surface area contributed by atoms with E-state index in [0.29, 0.717) is 18.3 Å². The van der Waals surface area contributed by atoms with Crippen molar-refractivity contribution in [3.63, 3.8) is 0 Å². The van der Waals surface area contributed by atoms with Crippen molar-refractivity contribution < 1.29 is 4.52 Å². The number of hydrogen-bond donors (Lipinski definition) is 1. The number of nitrogens with zero attached hydrogens (tertiary/aromatic N) is 3. The lowest BCUT2D eigenvalue weighted by Crippen LogP contribution is -2.26. The Bertz CT molecular complexity index is 541. The van der Waals surface area contributed by atoms with Gasteiger partial charge >= 0.3 is 0 Å². The van der Waals surface area contributed by atoms with Crippen molar-refractivity contribution in [2.24, 2.45) is 5.73 Å². The Kier molecular flexibility index (Phi) is 4.57. The van der Waals surface area contributed by atoms with E-state index in [4.69, 9.17) is 10.3 Å². The van der Waals surface area contributed by atoms with Gasteiger partial charge in [-0.2, -0.15) is 4.98 Å². The molecule has 0 aliphatic heterocycles. The first-order chi connectivity index (χ1) is 9.11. The van der Waals surface area contributed by atoms with Crippen molar-refractivity contribution in [2.45, 2.75) is 10.9 Å². The van der Waals surface area contributed by atoms with Gasteiger partial charge in [-0.1, -0.05) is 17.3 Å². The van der Waals surface area contributed by atoms with Crippen LogP contribution in [-0.4, -0.2) is 41.9 Å². The minimum atomic E-state index is -0.242. The summed E-state index contributed by atoms with van der Waals surface area (Å²) in [5, 5.41) is 3.97. The molecule has 1 unspecified atom stereocenters. The summed E-state index contributed by atoms with van der Waals surface area (Å²) in [6.45, 7) is 0.684. The van der Waals surface area contributed by atoms with Crippen LogP contribution in [0.1, 0.15) is 11.9 Å². The zero-order valence-corrected chi connectivity index (χ0v) is 12.1. The van der Waals surface area contributed by atoms with Gasteiger partial charge in [-0.25, -0.2) is 0 Å². The molecule has 102 valence electrons. The average Bonchev–Trinajstić information content (AvgIpc) is 2.87. The molecule has 5 nitrogen and oxygen atoms in total. The van der Waals surface area contributed by atoms with E-state index in [0.717, 1.165) is 10.5 Å². The van der Waals surface area contributed by atoms with Crippen molar-refractivity contribution in [1.82, 2.24) is 15.0 Å². The third-order valence-corrected chi connectivity index (χ3v) is 3.47. The quantitative estimate of drug-likeness (QED) is 0.844. The molecule has 1 aromatic heterocycles. The van der Waals surface area contributed by atoms with Gasteiger partial charge in [-0.05, 0) is 32.5 Å². The number of hydrogen-bond acceptors (Lipinski definition) is 6. The van der Waals surface area contributed by atoms with Gasteiger partial charge in [0.2, 0.25) is 0 Å². The zero-order chi connectivity index (χ0) is 13.8. The molecule has 2 rings (SSSR count). The summed E-state index contributed by atoms with van der Waals surface area (Å²) in [5.41, 5.74) is 6.98. The van der Waals surface area contributed by atoms with Crippen molar-refractivity contribution in [1.29, 1.82) is 0 Å². The highest BCUT2D eigenvalue weighted by Gasteiger charge is 2.17. The van der Waals surface area contributed by atoms with Crippen molar-refractivity contribution in [3.05, 3.63) is 30.1 Å². The van der Waals surface area contributed by atoms with Gasteiger partial charge in [0, 0.05) is 11.4 Å². The smallest absolute Gasteiger partial charge is 0.259 e. The van der Waals surface area contributed by atoms with Gasteiger partial charge in [-0.15, -0.1) is 11.8 Å². The molecule has 2 N–H and O–H groups in total. The molecule has 0 fully saturated rings. The lowest BCUT2D eigenvalue weighted by molar-refractivity contribution is 0.357. The van der Waals surface area contributed by atoms with Gasteiger partial charge in [0.1, 0.15) is 0 Å². The Hall–Kier alpha value is -1.37. The Balaban J connectivity index is 2.25. The minimum absolute atomic E-state index is 0.242. The van der Waals surface area contributed by atoms with E-state index in [9.17, 15) is 0 Å². The lowest BCUT2D eigenvalue weighted by atomic mass is 10.2. The monoisotopic (exact) mass is 278 g/mol. The number of rotatable bonds is 5. The number of nitrogens with two attached hydrogens (primary N) is 1. The molecular formula is C13H18N4OS. The summed E-state index contributed by atoms with van der Waals surface area (Å²) in [4.78, 5) is 7.51. The molecule has 0 spiro atoms. The molecule has 6 heteroatoms. The molecule has 1 atom stereocenters. The molecule has 1 aromatic carbocycles. The largest absolute Gasteiger partial charge is 0.334 e. The van der Waals surface area contributed by atoms with Gasteiger partial charge in [0.25, 0.3) is 5.89 Å². The molecule has 2 aromatic rings. The Morgan fingerprint density at radius 3 is 2.79 bits per heavy atom. The predicted octanol–water partition coefficient (Wildman–Crippen LogP) is 2.02. The molecule has 0 aliphatic rings. The van der Waals surface area contributed by atoms with Crippen LogP contribution < -0.4 is 5.73 Å². The van der Waals surface area contributed by atoms with Crippen LogP contribution in [0.15, 0.2) is 33.7 Å².